The Morgan fingerprint density at radius 1 is 1.31 bits per heavy atom. The number of anilines is 2. The lowest BCUT2D eigenvalue weighted by Gasteiger charge is -2.33. The maximum atomic E-state index is 13.1. The van der Waals surface area contributed by atoms with E-state index in [0.29, 0.717) is 18.8 Å². The maximum absolute atomic E-state index is 13.1. The van der Waals surface area contributed by atoms with Crippen molar-refractivity contribution in [2.24, 2.45) is 5.92 Å². The van der Waals surface area contributed by atoms with E-state index < -0.39 is 5.92 Å². The fourth-order valence-electron chi connectivity index (χ4n) is 3.46. The number of para-hydroxylation sites is 1. The van der Waals surface area contributed by atoms with Gasteiger partial charge in [-0.1, -0.05) is 25.1 Å². The van der Waals surface area contributed by atoms with E-state index in [1.807, 2.05) is 37.3 Å². The zero-order valence-electron chi connectivity index (χ0n) is 15.8. The minimum atomic E-state index is -0.714. The van der Waals surface area contributed by atoms with Crippen LogP contribution in [0.15, 0.2) is 36.7 Å². The lowest BCUT2D eigenvalue weighted by Crippen LogP contribution is -2.49. The molecular weight excluding hydrogens is 328 g/mol. The number of carbonyl (C=O) groups is 2. The Balaban J connectivity index is 1.96. The third kappa shape index (κ3) is 3.11. The Bertz CT molecular complexity index is 797. The zero-order chi connectivity index (χ0) is 18.8. The lowest BCUT2D eigenvalue weighted by molar-refractivity contribution is -0.132. The molecule has 0 saturated carbocycles. The molecule has 1 aromatic heterocycles. The summed E-state index contributed by atoms with van der Waals surface area (Å²) in [5.74, 6) is -0.337. The highest BCUT2D eigenvalue weighted by atomic mass is 16.2. The van der Waals surface area contributed by atoms with Crippen molar-refractivity contribution in [1.29, 1.82) is 0 Å². The third-order valence-corrected chi connectivity index (χ3v) is 4.87. The number of fused-ring (bicyclic) bond motifs is 1. The molecule has 0 spiro atoms. The summed E-state index contributed by atoms with van der Waals surface area (Å²) in [6.07, 6.45) is 2.98. The molecule has 2 amide bonds. The average molecular weight is 354 g/mol. The predicted octanol–water partition coefficient (Wildman–Crippen LogP) is 3.04. The van der Waals surface area contributed by atoms with Crippen LogP contribution >= 0.6 is 0 Å². The number of hydrogen-bond donors (Lipinski definition) is 0. The van der Waals surface area contributed by atoms with E-state index in [4.69, 9.17) is 0 Å². The topological polar surface area (TPSA) is 58.4 Å². The number of nitrogens with zero attached hydrogens (tertiary/aromatic N) is 4. The molecule has 1 aliphatic rings. The molecule has 0 saturated heterocycles. The van der Waals surface area contributed by atoms with Crippen molar-refractivity contribution in [3.05, 3.63) is 42.4 Å². The highest BCUT2D eigenvalue weighted by Crippen LogP contribution is 2.32. The number of amides is 2. The molecule has 0 aliphatic carbocycles. The standard InChI is InChI=1S/C20H26N4O2/c1-5-11-23-18-17(24(13-21-18)14(2)3)12-16(20(23)26)19(25)22(4)15-9-7-6-8-10-15/h6-10,13-14,16H,5,11-12H2,1-4H3. The number of aromatic nitrogens is 2. The molecule has 2 heterocycles. The normalized spacial score (nSPS) is 16.7. The van der Waals surface area contributed by atoms with Crippen molar-refractivity contribution in [2.45, 2.75) is 39.7 Å². The maximum Gasteiger partial charge on any atom is 0.241 e. The quantitative estimate of drug-likeness (QED) is 0.776. The third-order valence-electron chi connectivity index (χ3n) is 4.87. The van der Waals surface area contributed by atoms with Gasteiger partial charge in [0.15, 0.2) is 5.82 Å². The van der Waals surface area contributed by atoms with Crippen LogP contribution in [0.5, 0.6) is 0 Å². The molecule has 138 valence electrons. The van der Waals surface area contributed by atoms with Gasteiger partial charge in [0.25, 0.3) is 0 Å². The van der Waals surface area contributed by atoms with E-state index in [2.05, 4.69) is 23.4 Å². The van der Waals surface area contributed by atoms with Gasteiger partial charge in [-0.3, -0.25) is 14.5 Å². The smallest absolute Gasteiger partial charge is 0.241 e. The van der Waals surface area contributed by atoms with Crippen LogP contribution in [0.3, 0.4) is 0 Å². The van der Waals surface area contributed by atoms with Gasteiger partial charge in [-0.05, 0) is 32.4 Å². The fourth-order valence-corrected chi connectivity index (χ4v) is 3.46. The van der Waals surface area contributed by atoms with E-state index in [1.165, 1.54) is 0 Å². The summed E-state index contributed by atoms with van der Waals surface area (Å²) in [4.78, 5) is 33.9. The Labute approximate surface area is 154 Å². The molecule has 1 unspecified atom stereocenters. The predicted molar refractivity (Wildman–Crippen MR) is 102 cm³/mol. The Kier molecular flexibility index (Phi) is 5.11. The van der Waals surface area contributed by atoms with E-state index in [-0.39, 0.29) is 17.9 Å². The van der Waals surface area contributed by atoms with Gasteiger partial charge in [0.05, 0.1) is 12.0 Å². The van der Waals surface area contributed by atoms with Gasteiger partial charge >= 0.3 is 0 Å². The lowest BCUT2D eigenvalue weighted by atomic mass is 9.95. The molecule has 6 heteroatoms. The fraction of sp³-hybridized carbons (Fsp3) is 0.450. The molecule has 2 aromatic rings. The molecule has 0 fully saturated rings. The number of imidazole rings is 1. The molecule has 0 radical (unpaired) electrons. The first-order chi connectivity index (χ1) is 12.5. The first-order valence-electron chi connectivity index (χ1n) is 9.15. The van der Waals surface area contributed by atoms with Gasteiger partial charge in [0, 0.05) is 31.7 Å². The van der Waals surface area contributed by atoms with Crippen molar-refractivity contribution >= 4 is 23.3 Å². The molecule has 0 N–H and O–H groups in total. The first kappa shape index (κ1) is 18.2. The first-order valence-corrected chi connectivity index (χ1v) is 9.15. The Morgan fingerprint density at radius 3 is 2.62 bits per heavy atom. The van der Waals surface area contributed by atoms with Crippen molar-refractivity contribution in [2.75, 3.05) is 23.4 Å². The zero-order valence-corrected chi connectivity index (χ0v) is 15.8. The second-order valence-electron chi connectivity index (χ2n) is 7.00. The highest BCUT2D eigenvalue weighted by molar-refractivity contribution is 6.13. The van der Waals surface area contributed by atoms with Crippen LogP contribution in [0.1, 0.15) is 38.9 Å². The van der Waals surface area contributed by atoms with Crippen molar-refractivity contribution in [3.63, 3.8) is 0 Å². The van der Waals surface area contributed by atoms with Crippen LogP contribution in [0.2, 0.25) is 0 Å². The molecule has 3 rings (SSSR count). The van der Waals surface area contributed by atoms with Crippen LogP contribution in [0.25, 0.3) is 0 Å². The van der Waals surface area contributed by atoms with Gasteiger partial charge in [-0.2, -0.15) is 0 Å². The molecule has 1 atom stereocenters. The summed E-state index contributed by atoms with van der Waals surface area (Å²) in [5.41, 5.74) is 1.75. The monoisotopic (exact) mass is 354 g/mol. The molecule has 0 bridgehead atoms. The van der Waals surface area contributed by atoms with Crippen molar-refractivity contribution < 1.29 is 9.59 Å². The Hall–Kier alpha value is -2.63. The van der Waals surface area contributed by atoms with Crippen molar-refractivity contribution in [3.8, 4) is 0 Å². The van der Waals surface area contributed by atoms with Gasteiger partial charge in [-0.15, -0.1) is 0 Å². The SMILES string of the molecule is CCCN1C(=O)C(C(=O)N(C)c2ccccc2)Cc2c1ncn2C(C)C. The van der Waals surface area contributed by atoms with Gasteiger partial charge < -0.3 is 9.47 Å². The summed E-state index contributed by atoms with van der Waals surface area (Å²) in [5, 5.41) is 0. The van der Waals surface area contributed by atoms with E-state index in [9.17, 15) is 9.59 Å². The number of hydrogen-bond acceptors (Lipinski definition) is 3. The molecule has 26 heavy (non-hydrogen) atoms. The van der Waals surface area contributed by atoms with E-state index in [1.54, 1.807) is 23.2 Å². The minimum absolute atomic E-state index is 0.152. The van der Waals surface area contributed by atoms with Crippen LogP contribution < -0.4 is 9.80 Å². The molecule has 1 aromatic carbocycles. The molecular formula is C20H26N4O2. The van der Waals surface area contributed by atoms with E-state index in [0.717, 1.165) is 17.8 Å². The summed E-state index contributed by atoms with van der Waals surface area (Å²) in [6.45, 7) is 6.75. The number of carbonyl (C=O) groups excluding carboxylic acids is 2. The average Bonchev–Trinajstić information content (AvgIpc) is 3.07. The highest BCUT2D eigenvalue weighted by Gasteiger charge is 2.41. The van der Waals surface area contributed by atoms with Crippen LogP contribution in [0, 0.1) is 5.92 Å². The summed E-state index contributed by atoms with van der Waals surface area (Å²) >= 11 is 0. The second kappa shape index (κ2) is 7.32. The molecule has 6 nitrogen and oxygen atoms in total. The van der Waals surface area contributed by atoms with E-state index >= 15 is 0 Å². The Morgan fingerprint density at radius 2 is 2.00 bits per heavy atom. The number of benzene rings is 1. The van der Waals surface area contributed by atoms with Crippen LogP contribution in [-0.4, -0.2) is 35.0 Å². The van der Waals surface area contributed by atoms with Crippen LogP contribution in [0.4, 0.5) is 11.5 Å². The largest absolute Gasteiger partial charge is 0.330 e. The minimum Gasteiger partial charge on any atom is -0.330 e. The number of rotatable bonds is 5. The summed E-state index contributed by atoms with van der Waals surface area (Å²) in [6, 6.07) is 9.65. The summed E-state index contributed by atoms with van der Waals surface area (Å²) in [7, 11) is 1.73. The van der Waals surface area contributed by atoms with Crippen LogP contribution in [-0.2, 0) is 16.0 Å². The van der Waals surface area contributed by atoms with Gasteiger partial charge in [-0.25, -0.2) is 4.98 Å². The van der Waals surface area contributed by atoms with Crippen molar-refractivity contribution in [1.82, 2.24) is 9.55 Å². The second-order valence-corrected chi connectivity index (χ2v) is 7.00. The summed E-state index contributed by atoms with van der Waals surface area (Å²) < 4.78 is 2.06. The van der Waals surface area contributed by atoms with Gasteiger partial charge in [0.1, 0.15) is 5.92 Å². The molecule has 1 aliphatic heterocycles. The van der Waals surface area contributed by atoms with Gasteiger partial charge in [0.2, 0.25) is 11.8 Å².